The number of halogens is 1. The van der Waals surface area contributed by atoms with Gasteiger partial charge in [0.15, 0.2) is 6.61 Å². The standard InChI is InChI=1S/C20H22BrN3O3/c1-23(2)10-3-11-24-17-12-16(8-9-18(17)27-13-19(24)25)22-20(26)14-4-6-15(21)7-5-14/h4-9,12H,3,10-11,13H2,1-2H3,(H,22,26). The molecule has 2 amide bonds. The van der Waals surface area contributed by atoms with Crippen molar-refractivity contribution in [3.05, 3.63) is 52.5 Å². The van der Waals surface area contributed by atoms with Crippen LogP contribution in [0.3, 0.4) is 0 Å². The molecule has 0 radical (unpaired) electrons. The summed E-state index contributed by atoms with van der Waals surface area (Å²) in [4.78, 5) is 28.6. The molecule has 1 N–H and O–H groups in total. The average Bonchev–Trinajstić information content (AvgIpc) is 2.64. The topological polar surface area (TPSA) is 61.9 Å². The maximum absolute atomic E-state index is 12.4. The Morgan fingerprint density at radius 1 is 1.22 bits per heavy atom. The number of carbonyl (C=O) groups excluding carboxylic acids is 2. The molecule has 0 aliphatic carbocycles. The zero-order valence-corrected chi connectivity index (χ0v) is 17.0. The molecule has 142 valence electrons. The molecule has 2 aromatic rings. The van der Waals surface area contributed by atoms with Gasteiger partial charge in [0.05, 0.1) is 5.69 Å². The Morgan fingerprint density at radius 3 is 2.67 bits per heavy atom. The first-order valence-corrected chi connectivity index (χ1v) is 9.52. The van der Waals surface area contributed by atoms with Crippen molar-refractivity contribution in [3.8, 4) is 5.75 Å². The first-order chi connectivity index (χ1) is 12.9. The van der Waals surface area contributed by atoms with Crippen LogP contribution >= 0.6 is 15.9 Å². The van der Waals surface area contributed by atoms with Gasteiger partial charge in [-0.3, -0.25) is 9.59 Å². The fraction of sp³-hybridized carbons (Fsp3) is 0.300. The molecule has 1 aliphatic heterocycles. The number of nitrogens with one attached hydrogen (secondary N) is 1. The van der Waals surface area contributed by atoms with Crippen molar-refractivity contribution in [3.63, 3.8) is 0 Å². The first-order valence-electron chi connectivity index (χ1n) is 8.73. The van der Waals surface area contributed by atoms with E-state index < -0.39 is 0 Å². The van der Waals surface area contributed by atoms with Crippen LogP contribution in [0.25, 0.3) is 0 Å². The van der Waals surface area contributed by atoms with Gasteiger partial charge in [0.2, 0.25) is 0 Å². The lowest BCUT2D eigenvalue weighted by molar-refractivity contribution is -0.121. The number of rotatable bonds is 6. The van der Waals surface area contributed by atoms with Gasteiger partial charge in [-0.05, 0) is 69.5 Å². The van der Waals surface area contributed by atoms with Crippen LogP contribution < -0.4 is 15.0 Å². The highest BCUT2D eigenvalue weighted by Crippen LogP contribution is 2.34. The third-order valence-electron chi connectivity index (χ3n) is 4.25. The Balaban J connectivity index is 1.77. The second kappa shape index (κ2) is 8.54. The Morgan fingerprint density at radius 2 is 1.96 bits per heavy atom. The number of fused-ring (bicyclic) bond motifs is 1. The van der Waals surface area contributed by atoms with E-state index in [1.165, 1.54) is 0 Å². The van der Waals surface area contributed by atoms with Crippen molar-refractivity contribution < 1.29 is 14.3 Å². The van der Waals surface area contributed by atoms with E-state index in [1.807, 2.05) is 26.2 Å². The molecule has 2 aromatic carbocycles. The highest BCUT2D eigenvalue weighted by molar-refractivity contribution is 9.10. The lowest BCUT2D eigenvalue weighted by atomic mass is 10.1. The SMILES string of the molecule is CN(C)CCCN1C(=O)COc2ccc(NC(=O)c3ccc(Br)cc3)cc21. The van der Waals surface area contributed by atoms with Gasteiger partial charge in [-0.15, -0.1) is 0 Å². The van der Waals surface area contributed by atoms with E-state index in [4.69, 9.17) is 4.74 Å². The van der Waals surface area contributed by atoms with E-state index in [2.05, 4.69) is 26.1 Å². The van der Waals surface area contributed by atoms with E-state index in [9.17, 15) is 9.59 Å². The number of hydrogen-bond acceptors (Lipinski definition) is 4. The van der Waals surface area contributed by atoms with Crippen LogP contribution in [-0.2, 0) is 4.79 Å². The molecule has 0 unspecified atom stereocenters. The smallest absolute Gasteiger partial charge is 0.265 e. The van der Waals surface area contributed by atoms with Crippen molar-refractivity contribution in [2.75, 3.05) is 44.0 Å². The first kappa shape index (κ1) is 19.4. The normalized spacial score (nSPS) is 13.3. The Labute approximate surface area is 167 Å². The summed E-state index contributed by atoms with van der Waals surface area (Å²) in [6.07, 6.45) is 0.855. The van der Waals surface area contributed by atoms with Gasteiger partial charge >= 0.3 is 0 Å². The van der Waals surface area contributed by atoms with Gasteiger partial charge in [0.1, 0.15) is 5.75 Å². The molecule has 0 saturated carbocycles. The van der Waals surface area contributed by atoms with Gasteiger partial charge in [0.25, 0.3) is 11.8 Å². The minimum atomic E-state index is -0.204. The van der Waals surface area contributed by atoms with E-state index in [-0.39, 0.29) is 18.4 Å². The number of anilines is 2. The number of nitrogens with zero attached hydrogens (tertiary/aromatic N) is 2. The zero-order valence-electron chi connectivity index (χ0n) is 15.4. The average molecular weight is 432 g/mol. The van der Waals surface area contributed by atoms with Gasteiger partial charge in [0, 0.05) is 22.3 Å². The summed E-state index contributed by atoms with van der Waals surface area (Å²) in [6.45, 7) is 1.54. The summed E-state index contributed by atoms with van der Waals surface area (Å²) < 4.78 is 6.45. The summed E-state index contributed by atoms with van der Waals surface area (Å²) in [5.41, 5.74) is 1.88. The monoisotopic (exact) mass is 431 g/mol. The van der Waals surface area contributed by atoms with Gasteiger partial charge in [-0.2, -0.15) is 0 Å². The highest BCUT2D eigenvalue weighted by atomic mass is 79.9. The van der Waals surface area contributed by atoms with Gasteiger partial charge < -0.3 is 19.9 Å². The van der Waals surface area contributed by atoms with E-state index >= 15 is 0 Å². The predicted octanol–water partition coefficient (Wildman–Crippen LogP) is 3.38. The van der Waals surface area contributed by atoms with Crippen LogP contribution in [0.4, 0.5) is 11.4 Å². The Hall–Kier alpha value is -2.38. The molecule has 1 heterocycles. The molecule has 0 fully saturated rings. The molecular weight excluding hydrogens is 410 g/mol. The molecule has 3 rings (SSSR count). The van der Waals surface area contributed by atoms with Crippen LogP contribution in [0.5, 0.6) is 5.75 Å². The molecule has 0 saturated heterocycles. The third-order valence-corrected chi connectivity index (χ3v) is 4.78. The van der Waals surface area contributed by atoms with Gasteiger partial charge in [-0.1, -0.05) is 15.9 Å². The second-order valence-electron chi connectivity index (χ2n) is 6.63. The number of hydrogen-bond donors (Lipinski definition) is 1. The lowest BCUT2D eigenvalue weighted by Gasteiger charge is -2.30. The van der Waals surface area contributed by atoms with E-state index in [0.29, 0.717) is 29.2 Å². The maximum Gasteiger partial charge on any atom is 0.265 e. The van der Waals surface area contributed by atoms with E-state index in [0.717, 1.165) is 17.4 Å². The quantitative estimate of drug-likeness (QED) is 0.761. The van der Waals surface area contributed by atoms with Crippen molar-refractivity contribution in [1.29, 1.82) is 0 Å². The summed E-state index contributed by atoms with van der Waals surface area (Å²) in [5, 5.41) is 2.88. The van der Waals surface area contributed by atoms with Gasteiger partial charge in [-0.25, -0.2) is 0 Å². The Kier molecular flexibility index (Phi) is 6.13. The van der Waals surface area contributed by atoms with Crippen molar-refractivity contribution in [2.24, 2.45) is 0 Å². The van der Waals surface area contributed by atoms with Crippen molar-refractivity contribution in [2.45, 2.75) is 6.42 Å². The fourth-order valence-corrected chi connectivity index (χ4v) is 3.14. The molecule has 7 heteroatoms. The van der Waals surface area contributed by atoms with E-state index in [1.54, 1.807) is 35.2 Å². The highest BCUT2D eigenvalue weighted by Gasteiger charge is 2.25. The maximum atomic E-state index is 12.4. The molecule has 27 heavy (non-hydrogen) atoms. The van der Waals surface area contributed by atoms with Crippen LogP contribution in [0.2, 0.25) is 0 Å². The lowest BCUT2D eigenvalue weighted by Crippen LogP contribution is -2.40. The molecular formula is C20H22BrN3O3. The number of carbonyl (C=O) groups is 2. The summed E-state index contributed by atoms with van der Waals surface area (Å²) >= 11 is 3.36. The molecule has 1 aliphatic rings. The second-order valence-corrected chi connectivity index (χ2v) is 7.55. The minimum Gasteiger partial charge on any atom is -0.482 e. The van der Waals surface area contributed by atoms with Crippen LogP contribution in [-0.4, -0.2) is 50.5 Å². The number of amides is 2. The number of benzene rings is 2. The molecule has 6 nitrogen and oxygen atoms in total. The van der Waals surface area contributed by atoms with Crippen molar-refractivity contribution >= 4 is 39.1 Å². The van der Waals surface area contributed by atoms with Crippen LogP contribution in [0.1, 0.15) is 16.8 Å². The largest absolute Gasteiger partial charge is 0.482 e. The summed E-state index contributed by atoms with van der Waals surface area (Å²) in [5.74, 6) is 0.378. The minimum absolute atomic E-state index is 0.0412. The molecule has 0 atom stereocenters. The van der Waals surface area contributed by atoms with Crippen molar-refractivity contribution in [1.82, 2.24) is 4.90 Å². The Bertz CT molecular complexity index is 837. The summed E-state index contributed by atoms with van der Waals surface area (Å²) in [7, 11) is 4.01. The third kappa shape index (κ3) is 4.87. The summed E-state index contributed by atoms with van der Waals surface area (Å²) in [6, 6.07) is 12.5. The molecule has 0 aromatic heterocycles. The number of ether oxygens (including phenoxy) is 1. The predicted molar refractivity (Wildman–Crippen MR) is 110 cm³/mol. The van der Waals surface area contributed by atoms with Crippen LogP contribution in [0, 0.1) is 0 Å². The molecule has 0 bridgehead atoms. The fourth-order valence-electron chi connectivity index (χ4n) is 2.87. The molecule has 0 spiro atoms. The zero-order chi connectivity index (χ0) is 19.4. The van der Waals surface area contributed by atoms with Crippen LogP contribution in [0.15, 0.2) is 46.9 Å².